The molecule has 6 heteroatoms. The second-order valence-corrected chi connectivity index (χ2v) is 7.66. The number of hydrogen-bond acceptors (Lipinski definition) is 5. The van der Waals surface area contributed by atoms with E-state index < -0.39 is 5.72 Å². The Morgan fingerprint density at radius 2 is 2.11 bits per heavy atom. The van der Waals surface area contributed by atoms with Crippen LogP contribution in [0.15, 0.2) is 47.5 Å². The van der Waals surface area contributed by atoms with Gasteiger partial charge in [-0.05, 0) is 36.5 Å². The number of ether oxygens (including phenoxy) is 1. The van der Waals surface area contributed by atoms with Crippen LogP contribution in [0.5, 0.6) is 5.75 Å². The lowest BCUT2D eigenvalue weighted by Crippen LogP contribution is -2.43. The maximum atomic E-state index is 6.48. The van der Waals surface area contributed by atoms with Crippen molar-refractivity contribution in [1.29, 1.82) is 0 Å². The molecule has 136 valence electrons. The SMILES string of the molecule is [B]c1ccc2c(c1)C1(CC(C3CCCc4ccccc43)O2)N=C(N)N(C)O1. The van der Waals surface area contributed by atoms with Crippen LogP contribution in [-0.4, -0.2) is 32.0 Å². The van der Waals surface area contributed by atoms with Crippen LogP contribution in [-0.2, 0) is 17.0 Å². The van der Waals surface area contributed by atoms with E-state index in [4.69, 9.17) is 28.1 Å². The van der Waals surface area contributed by atoms with E-state index in [-0.39, 0.29) is 6.10 Å². The van der Waals surface area contributed by atoms with E-state index in [2.05, 4.69) is 24.3 Å². The Bertz CT molecular complexity index is 931. The Morgan fingerprint density at radius 3 is 2.93 bits per heavy atom. The smallest absolute Gasteiger partial charge is 0.221 e. The number of benzene rings is 2. The second kappa shape index (κ2) is 6.03. The third kappa shape index (κ3) is 2.62. The van der Waals surface area contributed by atoms with E-state index in [0.717, 1.165) is 30.6 Å². The van der Waals surface area contributed by atoms with Crippen molar-refractivity contribution in [3.63, 3.8) is 0 Å². The first-order valence-corrected chi connectivity index (χ1v) is 9.48. The maximum absolute atomic E-state index is 6.48. The lowest BCUT2D eigenvalue weighted by atomic mass is 9.76. The van der Waals surface area contributed by atoms with Crippen LogP contribution < -0.4 is 15.9 Å². The zero-order chi connectivity index (χ0) is 18.6. The number of aliphatic imine (C=N–C) groups is 1. The summed E-state index contributed by atoms with van der Waals surface area (Å²) in [4.78, 5) is 10.9. The monoisotopic (exact) mass is 359 g/mol. The van der Waals surface area contributed by atoms with E-state index in [1.54, 1.807) is 7.05 Å². The van der Waals surface area contributed by atoms with Crippen LogP contribution in [0.3, 0.4) is 0 Å². The topological polar surface area (TPSA) is 60.1 Å². The number of fused-ring (bicyclic) bond motifs is 3. The Hall–Kier alpha value is -2.47. The number of hydrogen-bond donors (Lipinski definition) is 1. The largest absolute Gasteiger partial charge is 0.489 e. The van der Waals surface area contributed by atoms with Crippen LogP contribution in [0.1, 0.15) is 41.9 Å². The molecule has 3 aliphatic rings. The molecule has 3 atom stereocenters. The number of hydroxylamine groups is 2. The Morgan fingerprint density at radius 1 is 1.26 bits per heavy atom. The first-order chi connectivity index (χ1) is 13.1. The zero-order valence-electron chi connectivity index (χ0n) is 15.4. The molecule has 5 rings (SSSR count). The minimum atomic E-state index is -0.876. The molecule has 2 aliphatic heterocycles. The van der Waals surface area contributed by atoms with Crippen LogP contribution in [0.4, 0.5) is 0 Å². The average Bonchev–Trinajstić information content (AvgIpc) is 2.95. The molecular formula is C21H22BN3O2. The van der Waals surface area contributed by atoms with Crippen molar-refractivity contribution in [2.75, 3.05) is 7.05 Å². The molecule has 2 aromatic rings. The van der Waals surface area contributed by atoms with Gasteiger partial charge >= 0.3 is 0 Å². The number of rotatable bonds is 1. The van der Waals surface area contributed by atoms with Gasteiger partial charge in [0.15, 0.2) is 0 Å². The summed E-state index contributed by atoms with van der Waals surface area (Å²) < 4.78 is 6.48. The summed E-state index contributed by atoms with van der Waals surface area (Å²) in [6.45, 7) is 0. The molecule has 0 fully saturated rings. The summed E-state index contributed by atoms with van der Waals surface area (Å²) in [5.74, 6) is 1.45. The first-order valence-electron chi connectivity index (χ1n) is 9.48. The maximum Gasteiger partial charge on any atom is 0.221 e. The fourth-order valence-corrected chi connectivity index (χ4v) is 4.69. The van der Waals surface area contributed by atoms with Crippen molar-refractivity contribution in [3.05, 3.63) is 59.2 Å². The van der Waals surface area contributed by atoms with Gasteiger partial charge in [-0.3, -0.25) is 0 Å². The number of nitrogens with two attached hydrogens (primary N) is 1. The minimum Gasteiger partial charge on any atom is -0.489 e. The third-order valence-electron chi connectivity index (χ3n) is 5.95. The van der Waals surface area contributed by atoms with Gasteiger partial charge in [-0.25, -0.2) is 14.9 Å². The molecule has 2 aromatic carbocycles. The molecule has 0 amide bonds. The van der Waals surface area contributed by atoms with Crippen LogP contribution in [0, 0.1) is 0 Å². The van der Waals surface area contributed by atoms with Crippen molar-refractivity contribution in [2.24, 2.45) is 10.7 Å². The van der Waals surface area contributed by atoms with Crippen molar-refractivity contribution >= 4 is 19.3 Å². The van der Waals surface area contributed by atoms with E-state index in [1.165, 1.54) is 16.2 Å². The van der Waals surface area contributed by atoms with E-state index in [1.807, 2.05) is 18.2 Å². The highest BCUT2D eigenvalue weighted by atomic mass is 16.7. The van der Waals surface area contributed by atoms with Crippen molar-refractivity contribution in [2.45, 2.75) is 43.4 Å². The molecule has 0 saturated carbocycles. The predicted molar refractivity (Wildman–Crippen MR) is 105 cm³/mol. The standard InChI is InChI=1S/C21H22BN3O2/c1-25-20(23)24-21(27-25)12-19(26-18-10-9-14(22)11-17(18)21)16-8-4-6-13-5-2-3-7-15(13)16/h2-3,5,7,9-11,16,19H,4,6,8,12H2,1H3,(H2,23,24). The molecule has 1 aliphatic carbocycles. The minimum absolute atomic E-state index is 0.0365. The number of nitrogens with zero attached hydrogens (tertiary/aromatic N) is 2. The molecule has 5 nitrogen and oxygen atoms in total. The number of guanidine groups is 1. The van der Waals surface area contributed by atoms with Gasteiger partial charge in [0, 0.05) is 19.4 Å². The van der Waals surface area contributed by atoms with Gasteiger partial charge in [0.25, 0.3) is 0 Å². The van der Waals surface area contributed by atoms with E-state index in [0.29, 0.717) is 23.8 Å². The van der Waals surface area contributed by atoms with Gasteiger partial charge in [-0.1, -0.05) is 41.9 Å². The van der Waals surface area contributed by atoms with Crippen molar-refractivity contribution in [3.8, 4) is 5.75 Å². The fraction of sp³-hybridized carbons (Fsp3) is 0.381. The molecule has 1 spiro atoms. The highest BCUT2D eigenvalue weighted by Gasteiger charge is 2.50. The van der Waals surface area contributed by atoms with Crippen molar-refractivity contribution in [1.82, 2.24) is 5.06 Å². The van der Waals surface area contributed by atoms with Crippen LogP contribution >= 0.6 is 0 Å². The molecule has 27 heavy (non-hydrogen) atoms. The summed E-state index contributed by atoms with van der Waals surface area (Å²) in [5.41, 5.74) is 9.48. The Balaban J connectivity index is 1.59. The van der Waals surface area contributed by atoms with Crippen LogP contribution in [0.2, 0.25) is 0 Å². The molecule has 0 aromatic heterocycles. The molecule has 2 heterocycles. The highest BCUT2D eigenvalue weighted by molar-refractivity contribution is 6.32. The summed E-state index contributed by atoms with van der Waals surface area (Å²) in [6.07, 6.45) is 3.95. The molecule has 0 bridgehead atoms. The molecule has 2 radical (unpaired) electrons. The van der Waals surface area contributed by atoms with Gasteiger partial charge in [0.2, 0.25) is 11.7 Å². The molecule has 2 N–H and O–H groups in total. The Kier molecular flexibility index (Phi) is 3.72. The van der Waals surface area contributed by atoms with E-state index in [9.17, 15) is 0 Å². The van der Waals surface area contributed by atoms with Crippen LogP contribution in [0.25, 0.3) is 0 Å². The summed E-state index contributed by atoms with van der Waals surface area (Å²) in [7, 11) is 7.82. The average molecular weight is 359 g/mol. The normalized spacial score (nSPS) is 29.1. The second-order valence-electron chi connectivity index (χ2n) is 7.66. The zero-order valence-corrected chi connectivity index (χ0v) is 15.4. The molecule has 3 unspecified atom stereocenters. The predicted octanol–water partition coefficient (Wildman–Crippen LogP) is 2.10. The van der Waals surface area contributed by atoms with Crippen molar-refractivity contribution < 1.29 is 9.57 Å². The molecular weight excluding hydrogens is 337 g/mol. The first kappa shape index (κ1) is 16.7. The lowest BCUT2D eigenvalue weighted by molar-refractivity contribution is -0.192. The highest BCUT2D eigenvalue weighted by Crippen LogP contribution is 2.49. The quantitative estimate of drug-likeness (QED) is 0.793. The summed E-state index contributed by atoms with van der Waals surface area (Å²) in [6, 6.07) is 14.3. The number of aryl methyl sites for hydroxylation is 1. The van der Waals surface area contributed by atoms with Gasteiger partial charge in [-0.2, -0.15) is 0 Å². The Labute approximate surface area is 160 Å². The summed E-state index contributed by atoms with van der Waals surface area (Å²) >= 11 is 0. The van der Waals surface area contributed by atoms with Gasteiger partial charge < -0.3 is 10.5 Å². The van der Waals surface area contributed by atoms with Gasteiger partial charge in [0.05, 0.1) is 5.56 Å². The third-order valence-corrected chi connectivity index (χ3v) is 5.95. The lowest BCUT2D eigenvalue weighted by Gasteiger charge is -2.41. The van der Waals surface area contributed by atoms with Gasteiger partial charge in [-0.15, -0.1) is 0 Å². The van der Waals surface area contributed by atoms with E-state index >= 15 is 0 Å². The summed E-state index contributed by atoms with van der Waals surface area (Å²) in [5, 5.41) is 1.53. The fourth-order valence-electron chi connectivity index (χ4n) is 4.69. The molecule has 0 saturated heterocycles. The van der Waals surface area contributed by atoms with Gasteiger partial charge in [0.1, 0.15) is 19.7 Å².